The molecule has 0 heterocycles. The van der Waals surface area contributed by atoms with Gasteiger partial charge in [0, 0.05) is 5.25 Å². The molecule has 0 nitrogen and oxygen atoms in total. The molecule has 0 amide bonds. The van der Waals surface area contributed by atoms with Crippen molar-refractivity contribution in [1.29, 1.82) is 0 Å². The van der Waals surface area contributed by atoms with Crippen molar-refractivity contribution >= 4 is 12.6 Å². The molecule has 0 fully saturated rings. The summed E-state index contributed by atoms with van der Waals surface area (Å²) in [7, 11) is 0. The van der Waals surface area contributed by atoms with E-state index in [4.69, 9.17) is 12.6 Å². The van der Waals surface area contributed by atoms with E-state index in [9.17, 15) is 0 Å². The first-order valence-electron chi connectivity index (χ1n) is 17.0. The van der Waals surface area contributed by atoms with Crippen LogP contribution in [0.3, 0.4) is 0 Å². The van der Waals surface area contributed by atoms with Gasteiger partial charge >= 0.3 is 0 Å². The van der Waals surface area contributed by atoms with Crippen LogP contribution in [-0.4, -0.2) is 5.25 Å². The summed E-state index contributed by atoms with van der Waals surface area (Å²) >= 11 is 4.87. The molecule has 35 heavy (non-hydrogen) atoms. The lowest BCUT2D eigenvalue weighted by Crippen LogP contribution is -1.98. The van der Waals surface area contributed by atoms with Crippen molar-refractivity contribution in [1.82, 2.24) is 0 Å². The third-order valence-corrected chi connectivity index (χ3v) is 8.55. The molecule has 1 heteroatoms. The summed E-state index contributed by atoms with van der Waals surface area (Å²) in [6.07, 6.45) is 44.9. The van der Waals surface area contributed by atoms with Crippen LogP contribution in [0.25, 0.3) is 0 Å². The van der Waals surface area contributed by atoms with Gasteiger partial charge in [-0.05, 0) is 12.8 Å². The van der Waals surface area contributed by atoms with Crippen LogP contribution in [0.4, 0.5) is 0 Å². The normalized spacial score (nSPS) is 12.4. The van der Waals surface area contributed by atoms with Crippen molar-refractivity contribution in [2.24, 2.45) is 0 Å². The second kappa shape index (κ2) is 32.4. The van der Waals surface area contributed by atoms with Gasteiger partial charge < -0.3 is 0 Å². The van der Waals surface area contributed by atoms with Crippen molar-refractivity contribution in [2.75, 3.05) is 0 Å². The molecule has 0 spiro atoms. The lowest BCUT2D eigenvalue weighted by Gasteiger charge is -2.10. The van der Waals surface area contributed by atoms with Gasteiger partial charge in [-0.25, -0.2) is 0 Å². The van der Waals surface area contributed by atoms with E-state index in [0.29, 0.717) is 5.25 Å². The molecule has 0 saturated carbocycles. The second-order valence-electron chi connectivity index (χ2n) is 11.8. The van der Waals surface area contributed by atoms with Gasteiger partial charge in [0.25, 0.3) is 0 Å². The summed E-state index contributed by atoms with van der Waals surface area (Å²) in [5.74, 6) is 0. The molecule has 212 valence electrons. The maximum absolute atomic E-state index is 4.87. The first-order valence-corrected chi connectivity index (χ1v) is 17.5. The van der Waals surface area contributed by atoms with Crippen molar-refractivity contribution in [3.8, 4) is 0 Å². The zero-order valence-corrected chi connectivity index (χ0v) is 25.8. The van der Waals surface area contributed by atoms with E-state index in [-0.39, 0.29) is 0 Å². The average molecular weight is 511 g/mol. The summed E-state index contributed by atoms with van der Waals surface area (Å²) in [5, 5.41) is 0.661. The van der Waals surface area contributed by atoms with Gasteiger partial charge in [0.05, 0.1) is 0 Å². The minimum Gasteiger partial charge on any atom is -0.176 e. The molecule has 0 N–H and O–H groups in total. The van der Waals surface area contributed by atoms with Crippen LogP contribution in [0.2, 0.25) is 0 Å². The zero-order valence-electron chi connectivity index (χ0n) is 24.9. The highest BCUT2D eigenvalue weighted by Crippen LogP contribution is 2.19. The third-order valence-electron chi connectivity index (χ3n) is 8.03. The standard InChI is InChI=1S/C34H70S/c1-3-5-7-9-11-13-15-17-18-19-21-23-25-27-29-31-33-34(35)32-30-28-26-24-22-20-16-14-12-10-8-6-4-2/h34-35H,3-33H2,1-2H3. The molecular formula is C34H70S. The van der Waals surface area contributed by atoms with Crippen LogP contribution < -0.4 is 0 Å². The van der Waals surface area contributed by atoms with Gasteiger partial charge in [-0.2, -0.15) is 12.6 Å². The fraction of sp³-hybridized carbons (Fsp3) is 1.00. The monoisotopic (exact) mass is 511 g/mol. The van der Waals surface area contributed by atoms with Gasteiger partial charge in [-0.3, -0.25) is 0 Å². The maximum atomic E-state index is 4.87. The minimum atomic E-state index is 0.661. The molecule has 1 atom stereocenters. The Kier molecular flexibility index (Phi) is 32.7. The molecule has 0 aromatic carbocycles. The van der Waals surface area contributed by atoms with Crippen LogP contribution in [0.15, 0.2) is 0 Å². The predicted molar refractivity (Wildman–Crippen MR) is 167 cm³/mol. The Balaban J connectivity index is 3.13. The molecule has 1 unspecified atom stereocenters. The highest BCUT2D eigenvalue weighted by atomic mass is 32.1. The first-order chi connectivity index (χ1) is 17.3. The van der Waals surface area contributed by atoms with E-state index >= 15 is 0 Å². The molecule has 0 aromatic rings. The number of rotatable bonds is 31. The number of hydrogen-bond donors (Lipinski definition) is 1. The second-order valence-corrected chi connectivity index (χ2v) is 12.5. The van der Waals surface area contributed by atoms with Gasteiger partial charge in [0.1, 0.15) is 0 Å². The van der Waals surface area contributed by atoms with Crippen LogP contribution in [0.5, 0.6) is 0 Å². The van der Waals surface area contributed by atoms with E-state index in [2.05, 4.69) is 13.8 Å². The van der Waals surface area contributed by atoms with Crippen molar-refractivity contribution in [2.45, 2.75) is 218 Å². The topological polar surface area (TPSA) is 0 Å². The Hall–Kier alpha value is 0.350. The molecule has 0 aliphatic heterocycles. The first kappa shape index (κ1) is 35.4. The van der Waals surface area contributed by atoms with Crippen molar-refractivity contribution in [3.63, 3.8) is 0 Å². The summed E-state index contributed by atoms with van der Waals surface area (Å²) in [5.41, 5.74) is 0. The quantitative estimate of drug-likeness (QED) is 0.0695. The Morgan fingerprint density at radius 3 is 0.657 bits per heavy atom. The number of unbranched alkanes of at least 4 members (excludes halogenated alkanes) is 27. The Labute approximate surface area is 230 Å². The summed E-state index contributed by atoms with van der Waals surface area (Å²) < 4.78 is 0. The predicted octanol–water partition coefficient (Wildman–Crippen LogP) is 13.4. The van der Waals surface area contributed by atoms with E-state index < -0.39 is 0 Å². The third kappa shape index (κ3) is 32.3. The molecule has 0 aliphatic carbocycles. The molecular weight excluding hydrogens is 440 g/mol. The van der Waals surface area contributed by atoms with Crippen molar-refractivity contribution < 1.29 is 0 Å². The Morgan fingerprint density at radius 1 is 0.286 bits per heavy atom. The molecule has 0 aliphatic rings. The fourth-order valence-electron chi connectivity index (χ4n) is 5.47. The van der Waals surface area contributed by atoms with Gasteiger partial charge in [-0.1, -0.05) is 200 Å². The van der Waals surface area contributed by atoms with Crippen LogP contribution >= 0.6 is 12.6 Å². The number of thiol groups is 1. The van der Waals surface area contributed by atoms with Crippen LogP contribution in [-0.2, 0) is 0 Å². The molecule has 0 rings (SSSR count). The highest BCUT2D eigenvalue weighted by Gasteiger charge is 2.03. The Morgan fingerprint density at radius 2 is 0.457 bits per heavy atom. The average Bonchev–Trinajstić information content (AvgIpc) is 2.86. The number of hydrogen-bond acceptors (Lipinski definition) is 1. The van der Waals surface area contributed by atoms with Gasteiger partial charge in [0.2, 0.25) is 0 Å². The highest BCUT2D eigenvalue weighted by molar-refractivity contribution is 7.80. The lowest BCUT2D eigenvalue weighted by molar-refractivity contribution is 0.516. The van der Waals surface area contributed by atoms with Crippen molar-refractivity contribution in [3.05, 3.63) is 0 Å². The van der Waals surface area contributed by atoms with Gasteiger partial charge in [-0.15, -0.1) is 0 Å². The van der Waals surface area contributed by atoms with Crippen LogP contribution in [0, 0.1) is 0 Å². The summed E-state index contributed by atoms with van der Waals surface area (Å²) in [4.78, 5) is 0. The van der Waals surface area contributed by atoms with E-state index in [1.807, 2.05) is 0 Å². The van der Waals surface area contributed by atoms with E-state index in [0.717, 1.165) is 0 Å². The molecule has 0 saturated heterocycles. The maximum Gasteiger partial charge on any atom is 0.00168 e. The fourth-order valence-corrected chi connectivity index (χ4v) is 5.84. The molecule has 0 bridgehead atoms. The smallest absolute Gasteiger partial charge is 0.00168 e. The largest absolute Gasteiger partial charge is 0.176 e. The van der Waals surface area contributed by atoms with E-state index in [1.54, 1.807) is 0 Å². The molecule has 0 radical (unpaired) electrons. The van der Waals surface area contributed by atoms with Gasteiger partial charge in [0.15, 0.2) is 0 Å². The summed E-state index contributed by atoms with van der Waals surface area (Å²) in [6, 6.07) is 0. The Bertz CT molecular complexity index is 352. The zero-order chi connectivity index (χ0) is 25.5. The molecule has 0 aromatic heterocycles. The lowest BCUT2D eigenvalue weighted by atomic mass is 10.0. The minimum absolute atomic E-state index is 0.661. The van der Waals surface area contributed by atoms with Crippen LogP contribution in [0.1, 0.15) is 213 Å². The van der Waals surface area contributed by atoms with E-state index in [1.165, 1.54) is 199 Å². The summed E-state index contributed by atoms with van der Waals surface area (Å²) in [6.45, 7) is 4.61. The SMILES string of the molecule is CCCCCCCCCCCCCCCCCCC(S)CCCCCCCCCCCCCCC.